The standard InChI is InChI=1S/C15H15N/c1-2-7-13(8-3-1)15-14-9-5-4-6-12(14)10-11-16-15/h2,4-7,9-11,13H,1,3,8H2. The van der Waals surface area contributed by atoms with E-state index in [0.29, 0.717) is 5.92 Å². The van der Waals surface area contributed by atoms with Crippen LogP contribution in [0.3, 0.4) is 0 Å². The minimum Gasteiger partial charge on any atom is -0.260 e. The van der Waals surface area contributed by atoms with E-state index >= 15 is 0 Å². The van der Waals surface area contributed by atoms with Crippen molar-refractivity contribution in [1.82, 2.24) is 4.98 Å². The number of hydrogen-bond acceptors (Lipinski definition) is 1. The summed E-state index contributed by atoms with van der Waals surface area (Å²) in [5.41, 5.74) is 1.24. The number of allylic oxidation sites excluding steroid dienone is 2. The summed E-state index contributed by atoms with van der Waals surface area (Å²) >= 11 is 0. The van der Waals surface area contributed by atoms with Crippen molar-refractivity contribution in [3.8, 4) is 0 Å². The molecule has 0 fully saturated rings. The number of pyridine rings is 1. The van der Waals surface area contributed by atoms with E-state index in [-0.39, 0.29) is 0 Å². The van der Waals surface area contributed by atoms with Gasteiger partial charge >= 0.3 is 0 Å². The van der Waals surface area contributed by atoms with Crippen LogP contribution in [0.2, 0.25) is 0 Å². The normalized spacial score (nSPS) is 20.1. The van der Waals surface area contributed by atoms with E-state index < -0.39 is 0 Å². The van der Waals surface area contributed by atoms with Crippen molar-refractivity contribution >= 4 is 10.8 Å². The van der Waals surface area contributed by atoms with Crippen LogP contribution in [0, 0.1) is 0 Å². The molecule has 0 bridgehead atoms. The van der Waals surface area contributed by atoms with Crippen LogP contribution in [0.15, 0.2) is 48.7 Å². The summed E-state index contributed by atoms with van der Waals surface area (Å²) in [6.45, 7) is 0. The number of nitrogens with zero attached hydrogens (tertiary/aromatic N) is 1. The predicted octanol–water partition coefficient (Wildman–Crippen LogP) is 4.06. The van der Waals surface area contributed by atoms with Gasteiger partial charge in [-0.3, -0.25) is 4.98 Å². The molecular weight excluding hydrogens is 194 g/mol. The van der Waals surface area contributed by atoms with Crippen molar-refractivity contribution in [3.63, 3.8) is 0 Å². The van der Waals surface area contributed by atoms with Gasteiger partial charge in [0.25, 0.3) is 0 Å². The molecule has 1 aliphatic carbocycles. The van der Waals surface area contributed by atoms with Crippen LogP contribution >= 0.6 is 0 Å². The van der Waals surface area contributed by atoms with E-state index in [0.717, 1.165) is 0 Å². The van der Waals surface area contributed by atoms with Crippen LogP contribution in [0.5, 0.6) is 0 Å². The van der Waals surface area contributed by atoms with Crippen molar-refractivity contribution in [3.05, 3.63) is 54.4 Å². The largest absolute Gasteiger partial charge is 0.260 e. The second kappa shape index (κ2) is 4.09. The molecule has 0 radical (unpaired) electrons. The van der Waals surface area contributed by atoms with Crippen molar-refractivity contribution < 1.29 is 0 Å². The summed E-state index contributed by atoms with van der Waals surface area (Å²) in [6, 6.07) is 10.6. The molecule has 0 saturated carbocycles. The minimum absolute atomic E-state index is 0.514. The van der Waals surface area contributed by atoms with Crippen LogP contribution in [-0.2, 0) is 0 Å². The van der Waals surface area contributed by atoms with Gasteiger partial charge in [-0.1, -0.05) is 36.4 Å². The third-order valence-electron chi connectivity index (χ3n) is 3.31. The van der Waals surface area contributed by atoms with E-state index in [2.05, 4.69) is 47.5 Å². The zero-order chi connectivity index (χ0) is 10.8. The summed E-state index contributed by atoms with van der Waals surface area (Å²) < 4.78 is 0. The molecule has 16 heavy (non-hydrogen) atoms. The Morgan fingerprint density at radius 1 is 1.12 bits per heavy atom. The lowest BCUT2D eigenvalue weighted by Gasteiger charge is -2.17. The molecule has 1 aromatic carbocycles. The molecule has 1 atom stereocenters. The Bertz CT molecular complexity index is 522. The Balaban J connectivity index is 2.15. The van der Waals surface area contributed by atoms with Crippen LogP contribution < -0.4 is 0 Å². The molecule has 1 unspecified atom stereocenters. The van der Waals surface area contributed by atoms with Gasteiger partial charge in [0.2, 0.25) is 0 Å². The summed E-state index contributed by atoms with van der Waals surface area (Å²) in [4.78, 5) is 4.58. The third kappa shape index (κ3) is 1.63. The Morgan fingerprint density at radius 2 is 2.06 bits per heavy atom. The van der Waals surface area contributed by atoms with E-state index in [1.807, 2.05) is 6.20 Å². The van der Waals surface area contributed by atoms with E-state index in [4.69, 9.17) is 0 Å². The first kappa shape index (κ1) is 9.59. The second-order valence-corrected chi connectivity index (χ2v) is 4.38. The molecule has 1 aromatic heterocycles. The van der Waals surface area contributed by atoms with E-state index in [1.54, 1.807) is 0 Å². The molecule has 1 aliphatic rings. The number of benzene rings is 1. The van der Waals surface area contributed by atoms with E-state index in [1.165, 1.54) is 35.7 Å². The molecule has 1 nitrogen and oxygen atoms in total. The average molecular weight is 209 g/mol. The van der Waals surface area contributed by atoms with Crippen LogP contribution in [0.1, 0.15) is 30.9 Å². The molecule has 3 rings (SSSR count). The van der Waals surface area contributed by atoms with Gasteiger partial charge in [-0.15, -0.1) is 0 Å². The number of aromatic nitrogens is 1. The Labute approximate surface area is 95.8 Å². The maximum atomic E-state index is 4.58. The average Bonchev–Trinajstić information content (AvgIpc) is 2.39. The van der Waals surface area contributed by atoms with Crippen LogP contribution in [-0.4, -0.2) is 4.98 Å². The van der Waals surface area contributed by atoms with Crippen molar-refractivity contribution in [2.45, 2.75) is 25.2 Å². The number of fused-ring (bicyclic) bond motifs is 1. The first-order valence-electron chi connectivity index (χ1n) is 5.95. The first-order chi connectivity index (χ1) is 7.95. The highest BCUT2D eigenvalue weighted by molar-refractivity contribution is 5.84. The minimum atomic E-state index is 0.514. The molecule has 0 spiro atoms. The summed E-state index contributed by atoms with van der Waals surface area (Å²) in [6.07, 6.45) is 10.3. The van der Waals surface area contributed by atoms with E-state index in [9.17, 15) is 0 Å². The molecular formula is C15H15N. The smallest absolute Gasteiger partial charge is 0.0550 e. The highest BCUT2D eigenvalue weighted by Crippen LogP contribution is 2.30. The summed E-state index contributed by atoms with van der Waals surface area (Å²) in [5.74, 6) is 0.514. The molecule has 0 N–H and O–H groups in total. The van der Waals surface area contributed by atoms with Crippen LogP contribution in [0.4, 0.5) is 0 Å². The predicted molar refractivity (Wildman–Crippen MR) is 67.5 cm³/mol. The Kier molecular flexibility index (Phi) is 2.45. The van der Waals surface area contributed by atoms with Gasteiger partial charge in [0.15, 0.2) is 0 Å². The first-order valence-corrected chi connectivity index (χ1v) is 5.95. The fourth-order valence-corrected chi connectivity index (χ4v) is 2.48. The quantitative estimate of drug-likeness (QED) is 0.645. The zero-order valence-corrected chi connectivity index (χ0v) is 9.26. The lowest BCUT2D eigenvalue weighted by atomic mass is 9.90. The zero-order valence-electron chi connectivity index (χ0n) is 9.26. The highest BCUT2D eigenvalue weighted by atomic mass is 14.7. The van der Waals surface area contributed by atoms with Gasteiger partial charge in [0.1, 0.15) is 0 Å². The van der Waals surface area contributed by atoms with Crippen molar-refractivity contribution in [1.29, 1.82) is 0 Å². The molecule has 80 valence electrons. The number of rotatable bonds is 1. The fraction of sp³-hybridized carbons (Fsp3) is 0.267. The number of hydrogen-bond donors (Lipinski definition) is 0. The maximum Gasteiger partial charge on any atom is 0.0550 e. The lowest BCUT2D eigenvalue weighted by Crippen LogP contribution is -2.02. The summed E-state index contributed by atoms with van der Waals surface area (Å²) in [5, 5.41) is 2.60. The molecule has 1 heterocycles. The lowest BCUT2D eigenvalue weighted by molar-refractivity contribution is 0.645. The van der Waals surface area contributed by atoms with Crippen molar-refractivity contribution in [2.24, 2.45) is 0 Å². The van der Waals surface area contributed by atoms with Gasteiger partial charge in [0.05, 0.1) is 5.69 Å². The highest BCUT2D eigenvalue weighted by Gasteiger charge is 2.14. The molecule has 0 amide bonds. The topological polar surface area (TPSA) is 12.9 Å². The van der Waals surface area contributed by atoms with Gasteiger partial charge in [-0.05, 0) is 30.7 Å². The van der Waals surface area contributed by atoms with Gasteiger partial charge in [-0.2, -0.15) is 0 Å². The SMILES string of the molecule is C1=CC(c2nccc3ccccc23)CCC1. The molecule has 0 saturated heterocycles. The molecule has 0 aliphatic heterocycles. The van der Waals surface area contributed by atoms with Crippen LogP contribution in [0.25, 0.3) is 10.8 Å². The van der Waals surface area contributed by atoms with Crippen molar-refractivity contribution in [2.75, 3.05) is 0 Å². The monoisotopic (exact) mass is 209 g/mol. The fourth-order valence-electron chi connectivity index (χ4n) is 2.48. The third-order valence-corrected chi connectivity index (χ3v) is 3.31. The molecule has 1 heteroatoms. The second-order valence-electron chi connectivity index (χ2n) is 4.38. The molecule has 2 aromatic rings. The Hall–Kier alpha value is -1.63. The summed E-state index contributed by atoms with van der Waals surface area (Å²) in [7, 11) is 0. The maximum absolute atomic E-state index is 4.58. The van der Waals surface area contributed by atoms with Gasteiger partial charge < -0.3 is 0 Å². The van der Waals surface area contributed by atoms with Gasteiger partial charge in [-0.25, -0.2) is 0 Å². The van der Waals surface area contributed by atoms with Gasteiger partial charge in [0, 0.05) is 17.5 Å². The Morgan fingerprint density at radius 3 is 2.94 bits per heavy atom.